The minimum atomic E-state index is -3.18. The van der Waals surface area contributed by atoms with E-state index < -0.39 is 16.0 Å². The smallest absolute Gasteiger partial charge is 0.317 e. The first-order valence-corrected chi connectivity index (χ1v) is 8.43. The summed E-state index contributed by atoms with van der Waals surface area (Å²) in [4.78, 5) is 12.5. The number of aliphatic carboxylic acids is 1. The highest BCUT2D eigenvalue weighted by molar-refractivity contribution is 7.89. The molecule has 0 radical (unpaired) electrons. The van der Waals surface area contributed by atoms with Crippen molar-refractivity contribution in [2.24, 2.45) is 0 Å². The summed E-state index contributed by atoms with van der Waals surface area (Å²) in [6.07, 6.45) is 4.26. The maximum Gasteiger partial charge on any atom is 0.317 e. The number of hydrogen-bond donors (Lipinski definition) is 1. The minimum absolute atomic E-state index is 0.00266. The molecule has 1 saturated carbocycles. The van der Waals surface area contributed by atoms with E-state index in [2.05, 4.69) is 0 Å². The lowest BCUT2D eigenvalue weighted by Gasteiger charge is -2.24. The fourth-order valence-electron chi connectivity index (χ4n) is 2.95. The highest BCUT2D eigenvalue weighted by atomic mass is 32.2. The number of sulfonamides is 1. The van der Waals surface area contributed by atoms with Crippen molar-refractivity contribution in [2.75, 3.05) is 32.7 Å². The van der Waals surface area contributed by atoms with Gasteiger partial charge in [0.15, 0.2) is 0 Å². The van der Waals surface area contributed by atoms with E-state index in [0.717, 1.165) is 25.7 Å². The van der Waals surface area contributed by atoms with Crippen molar-refractivity contribution < 1.29 is 18.3 Å². The van der Waals surface area contributed by atoms with Crippen molar-refractivity contribution >= 4 is 16.0 Å². The molecule has 2 fully saturated rings. The Morgan fingerprint density at radius 2 is 1.74 bits per heavy atom. The Kier molecular flexibility index (Phi) is 4.81. The Labute approximate surface area is 114 Å². The molecule has 0 amide bonds. The molecule has 0 bridgehead atoms. The average Bonchev–Trinajstić information content (AvgIpc) is 2.77. The fraction of sp³-hybridized carbons (Fsp3) is 0.917. The summed E-state index contributed by atoms with van der Waals surface area (Å²) >= 11 is 0. The number of carboxylic acid groups (broad SMARTS) is 1. The molecule has 2 aliphatic rings. The molecule has 1 aliphatic heterocycles. The Hall–Kier alpha value is -0.660. The largest absolute Gasteiger partial charge is 0.480 e. The van der Waals surface area contributed by atoms with Gasteiger partial charge in [-0.15, -0.1) is 0 Å². The minimum Gasteiger partial charge on any atom is -0.480 e. The van der Waals surface area contributed by atoms with Crippen LogP contribution in [0.15, 0.2) is 0 Å². The van der Waals surface area contributed by atoms with Crippen molar-refractivity contribution in [2.45, 2.75) is 37.4 Å². The van der Waals surface area contributed by atoms with Gasteiger partial charge in [0.25, 0.3) is 0 Å². The van der Waals surface area contributed by atoms with Crippen molar-refractivity contribution in [1.29, 1.82) is 0 Å². The van der Waals surface area contributed by atoms with Gasteiger partial charge >= 0.3 is 5.97 Å². The summed E-state index contributed by atoms with van der Waals surface area (Å²) in [7, 11) is -3.18. The predicted octanol–water partition coefficient (Wildman–Crippen LogP) is 0.351. The molecule has 0 atom stereocenters. The maximum atomic E-state index is 12.5. The Morgan fingerprint density at radius 3 is 2.37 bits per heavy atom. The molecule has 0 aromatic heterocycles. The monoisotopic (exact) mass is 290 g/mol. The fourth-order valence-corrected chi connectivity index (χ4v) is 5.02. The van der Waals surface area contributed by atoms with Crippen LogP contribution in [0, 0.1) is 0 Å². The Bertz CT molecular complexity index is 417. The van der Waals surface area contributed by atoms with E-state index >= 15 is 0 Å². The average molecular weight is 290 g/mol. The number of carbonyl (C=O) groups is 1. The number of hydrogen-bond acceptors (Lipinski definition) is 4. The number of rotatable bonds is 4. The quantitative estimate of drug-likeness (QED) is 0.808. The molecule has 110 valence electrons. The standard InChI is InChI=1S/C12H22N2O4S/c15-12(16)10-13-6-3-7-14(9-8-13)19(17,18)11-4-1-2-5-11/h11H,1-10H2,(H,15,16). The van der Waals surface area contributed by atoms with E-state index in [4.69, 9.17) is 5.11 Å². The van der Waals surface area contributed by atoms with Gasteiger partial charge < -0.3 is 5.11 Å². The van der Waals surface area contributed by atoms with Gasteiger partial charge in [0, 0.05) is 26.2 Å². The molecule has 0 unspecified atom stereocenters. The van der Waals surface area contributed by atoms with Crippen molar-refractivity contribution in [1.82, 2.24) is 9.21 Å². The number of nitrogens with zero attached hydrogens (tertiary/aromatic N) is 2. The van der Waals surface area contributed by atoms with Crippen LogP contribution in [-0.4, -0.2) is 66.7 Å². The highest BCUT2D eigenvalue weighted by Crippen LogP contribution is 2.27. The van der Waals surface area contributed by atoms with Gasteiger partial charge in [-0.3, -0.25) is 9.69 Å². The molecule has 0 spiro atoms. The summed E-state index contributed by atoms with van der Waals surface area (Å²) in [6, 6.07) is 0. The summed E-state index contributed by atoms with van der Waals surface area (Å²) in [6.45, 7) is 2.11. The summed E-state index contributed by atoms with van der Waals surface area (Å²) in [5, 5.41) is 8.57. The zero-order chi connectivity index (χ0) is 13.9. The van der Waals surface area contributed by atoms with Crippen molar-refractivity contribution in [3.8, 4) is 0 Å². The first-order chi connectivity index (χ1) is 9.00. The summed E-state index contributed by atoms with van der Waals surface area (Å²) in [5.41, 5.74) is 0. The predicted molar refractivity (Wildman–Crippen MR) is 71.4 cm³/mol. The first kappa shape index (κ1) is 14.7. The zero-order valence-electron chi connectivity index (χ0n) is 11.1. The molecule has 0 aromatic rings. The molecule has 19 heavy (non-hydrogen) atoms. The molecular formula is C12H22N2O4S. The van der Waals surface area contributed by atoms with Crippen LogP contribution < -0.4 is 0 Å². The van der Waals surface area contributed by atoms with E-state index in [1.807, 2.05) is 4.90 Å². The Balaban J connectivity index is 1.96. The number of carboxylic acids is 1. The lowest BCUT2D eigenvalue weighted by molar-refractivity contribution is -0.138. The molecule has 1 heterocycles. The Morgan fingerprint density at radius 1 is 1.05 bits per heavy atom. The van der Waals surface area contributed by atoms with Crippen LogP contribution >= 0.6 is 0 Å². The van der Waals surface area contributed by atoms with Gasteiger partial charge in [-0.25, -0.2) is 12.7 Å². The molecule has 1 saturated heterocycles. The first-order valence-electron chi connectivity index (χ1n) is 6.93. The lowest BCUT2D eigenvalue weighted by atomic mass is 10.4. The van der Waals surface area contributed by atoms with E-state index in [9.17, 15) is 13.2 Å². The second kappa shape index (κ2) is 6.19. The van der Waals surface area contributed by atoms with Crippen LogP contribution in [0.3, 0.4) is 0 Å². The van der Waals surface area contributed by atoms with Gasteiger partial charge in [0.05, 0.1) is 11.8 Å². The van der Waals surface area contributed by atoms with Gasteiger partial charge in [0.2, 0.25) is 10.0 Å². The zero-order valence-corrected chi connectivity index (χ0v) is 11.9. The molecule has 0 aromatic carbocycles. The van der Waals surface area contributed by atoms with Gasteiger partial charge in [-0.2, -0.15) is 0 Å². The van der Waals surface area contributed by atoms with Crippen LogP contribution in [0.25, 0.3) is 0 Å². The molecule has 1 aliphatic carbocycles. The SMILES string of the molecule is O=C(O)CN1CCCN(S(=O)(=O)C2CCCC2)CC1. The van der Waals surface area contributed by atoms with Crippen LogP contribution in [0.1, 0.15) is 32.1 Å². The lowest BCUT2D eigenvalue weighted by Crippen LogP contribution is -2.40. The maximum absolute atomic E-state index is 12.5. The third-order valence-corrected chi connectivity index (χ3v) is 6.39. The van der Waals surface area contributed by atoms with Gasteiger partial charge in [-0.1, -0.05) is 12.8 Å². The van der Waals surface area contributed by atoms with Crippen molar-refractivity contribution in [3.63, 3.8) is 0 Å². The van der Waals surface area contributed by atoms with E-state index in [1.54, 1.807) is 4.31 Å². The third kappa shape index (κ3) is 3.67. The van der Waals surface area contributed by atoms with Crippen LogP contribution in [0.5, 0.6) is 0 Å². The highest BCUT2D eigenvalue weighted by Gasteiger charge is 2.34. The summed E-state index contributed by atoms with van der Waals surface area (Å²) < 4.78 is 26.5. The molecule has 1 N–H and O–H groups in total. The van der Waals surface area contributed by atoms with Crippen LogP contribution in [-0.2, 0) is 14.8 Å². The molecular weight excluding hydrogens is 268 g/mol. The van der Waals surface area contributed by atoms with Crippen molar-refractivity contribution in [3.05, 3.63) is 0 Å². The summed E-state index contributed by atoms with van der Waals surface area (Å²) in [5.74, 6) is -0.855. The van der Waals surface area contributed by atoms with Gasteiger partial charge in [0.1, 0.15) is 0 Å². The van der Waals surface area contributed by atoms with Crippen LogP contribution in [0.2, 0.25) is 0 Å². The molecule has 6 nitrogen and oxygen atoms in total. The second-order valence-electron chi connectivity index (χ2n) is 5.37. The van der Waals surface area contributed by atoms with Crippen LogP contribution in [0.4, 0.5) is 0 Å². The van der Waals surface area contributed by atoms with E-state index in [-0.39, 0.29) is 11.8 Å². The third-order valence-electron chi connectivity index (χ3n) is 3.99. The molecule has 7 heteroatoms. The topological polar surface area (TPSA) is 77.9 Å². The van der Waals surface area contributed by atoms with E-state index in [0.29, 0.717) is 32.6 Å². The van der Waals surface area contributed by atoms with Gasteiger partial charge in [-0.05, 0) is 19.3 Å². The second-order valence-corrected chi connectivity index (χ2v) is 7.59. The molecule has 2 rings (SSSR count). The van der Waals surface area contributed by atoms with E-state index in [1.165, 1.54) is 0 Å². The normalized spacial score (nSPS) is 24.4.